The fourth-order valence-electron chi connectivity index (χ4n) is 5.11. The second kappa shape index (κ2) is 8.63. The third kappa shape index (κ3) is 4.54. The first kappa shape index (κ1) is 22.4. The lowest BCUT2D eigenvalue weighted by Crippen LogP contribution is -2.67. The van der Waals surface area contributed by atoms with Gasteiger partial charge in [0.2, 0.25) is 5.91 Å². The fourth-order valence-corrected chi connectivity index (χ4v) is 5.11. The summed E-state index contributed by atoms with van der Waals surface area (Å²) in [7, 11) is 0. The average Bonchev–Trinajstić information content (AvgIpc) is 2.93. The van der Waals surface area contributed by atoms with Crippen molar-refractivity contribution in [2.45, 2.75) is 63.1 Å². The van der Waals surface area contributed by atoms with Gasteiger partial charge in [-0.25, -0.2) is 4.79 Å². The van der Waals surface area contributed by atoms with Gasteiger partial charge in [0.05, 0.1) is 5.54 Å². The number of hydrogen-bond donors (Lipinski definition) is 2. The Morgan fingerprint density at radius 3 is 2.50 bits per heavy atom. The highest BCUT2D eigenvalue weighted by Gasteiger charge is 2.53. The van der Waals surface area contributed by atoms with Gasteiger partial charge >= 0.3 is 18.1 Å². The molecule has 0 aromatic heterocycles. The van der Waals surface area contributed by atoms with Crippen LogP contribution >= 0.6 is 0 Å². The Bertz CT molecular complexity index is 912. The van der Waals surface area contributed by atoms with Crippen LogP contribution in [0.1, 0.15) is 50.5 Å². The van der Waals surface area contributed by atoms with Crippen molar-refractivity contribution >= 4 is 29.2 Å². The average molecular weight is 452 g/mol. The van der Waals surface area contributed by atoms with Crippen molar-refractivity contribution in [1.82, 2.24) is 9.80 Å². The maximum atomic E-state index is 13.2. The fraction of sp³-hybridized carbons (Fsp3) is 0.591. The number of benzene rings is 1. The summed E-state index contributed by atoms with van der Waals surface area (Å²) in [5.74, 6) is -1.85. The molecule has 0 unspecified atom stereocenters. The molecule has 174 valence electrons. The van der Waals surface area contributed by atoms with Crippen LogP contribution in [0.15, 0.2) is 18.2 Å². The van der Waals surface area contributed by atoms with Crippen molar-refractivity contribution in [2.75, 3.05) is 30.3 Å². The molecule has 1 spiro atoms. The number of hydrogen-bond acceptors (Lipinski definition) is 3. The Labute approximate surface area is 184 Å². The molecule has 2 fully saturated rings. The minimum Gasteiger partial charge on any atom is -0.326 e. The van der Waals surface area contributed by atoms with Crippen LogP contribution in [-0.4, -0.2) is 59.0 Å². The van der Waals surface area contributed by atoms with E-state index in [9.17, 15) is 27.6 Å². The van der Waals surface area contributed by atoms with Gasteiger partial charge in [-0.05, 0) is 49.4 Å². The molecule has 1 saturated heterocycles. The predicted octanol–water partition coefficient (Wildman–Crippen LogP) is 3.90. The molecule has 10 heteroatoms. The van der Waals surface area contributed by atoms with E-state index in [1.807, 2.05) is 6.07 Å². The molecule has 3 aliphatic rings. The van der Waals surface area contributed by atoms with Crippen molar-refractivity contribution < 1.29 is 27.6 Å². The van der Waals surface area contributed by atoms with Crippen molar-refractivity contribution in [2.24, 2.45) is 0 Å². The van der Waals surface area contributed by atoms with E-state index in [1.165, 1.54) is 4.90 Å². The van der Waals surface area contributed by atoms with Gasteiger partial charge in [-0.15, -0.1) is 0 Å². The number of aryl methyl sites for hydroxylation is 1. The van der Waals surface area contributed by atoms with E-state index in [-0.39, 0.29) is 25.5 Å². The number of halogens is 3. The summed E-state index contributed by atoms with van der Waals surface area (Å²) in [6.45, 7) is -0.0139. The van der Waals surface area contributed by atoms with Crippen LogP contribution in [0, 0.1) is 0 Å². The molecule has 4 amide bonds. The van der Waals surface area contributed by atoms with E-state index < -0.39 is 23.7 Å². The largest absolute Gasteiger partial charge is 0.471 e. The van der Waals surface area contributed by atoms with E-state index >= 15 is 0 Å². The van der Waals surface area contributed by atoms with E-state index in [2.05, 4.69) is 10.6 Å². The molecule has 2 aliphatic heterocycles. The number of nitrogens with one attached hydrogen (secondary N) is 2. The number of alkyl halides is 3. The number of nitrogens with zero attached hydrogens (tertiary/aromatic N) is 2. The standard InChI is InChI=1S/C22H27F3N4O3/c23-22(24,25)19(31)29-12-11-28(14-21(29)9-2-1-3-10-21)20(32)26-16-7-8-17-15(13-16)5-4-6-18(30)27-17/h7-8,13H,1-6,9-12,14H2,(H,26,32)(H,27,30). The highest BCUT2D eigenvalue weighted by Crippen LogP contribution is 2.39. The van der Waals surface area contributed by atoms with Crippen molar-refractivity contribution in [1.29, 1.82) is 0 Å². The Morgan fingerprint density at radius 2 is 1.78 bits per heavy atom. The molecular formula is C22H27F3N4O3. The minimum absolute atomic E-state index is 0.0374. The first-order valence-electron chi connectivity index (χ1n) is 11.1. The molecule has 32 heavy (non-hydrogen) atoms. The van der Waals surface area contributed by atoms with Crippen LogP contribution < -0.4 is 10.6 Å². The van der Waals surface area contributed by atoms with Gasteiger partial charge in [0, 0.05) is 37.4 Å². The number of rotatable bonds is 1. The Balaban J connectivity index is 1.49. The molecule has 7 nitrogen and oxygen atoms in total. The maximum absolute atomic E-state index is 13.2. The van der Waals surface area contributed by atoms with Crippen molar-refractivity contribution in [3.63, 3.8) is 0 Å². The van der Waals surface area contributed by atoms with E-state index in [0.29, 0.717) is 37.8 Å². The lowest BCUT2D eigenvalue weighted by Gasteiger charge is -2.52. The van der Waals surface area contributed by atoms with Crippen LogP contribution in [0.25, 0.3) is 0 Å². The van der Waals surface area contributed by atoms with Crippen LogP contribution in [0.3, 0.4) is 0 Å². The maximum Gasteiger partial charge on any atom is 0.471 e. The molecule has 0 atom stereocenters. The minimum atomic E-state index is -4.92. The van der Waals surface area contributed by atoms with Gasteiger partial charge in [-0.1, -0.05) is 19.3 Å². The zero-order valence-electron chi connectivity index (χ0n) is 17.8. The summed E-state index contributed by atoms with van der Waals surface area (Å²) < 4.78 is 39.6. The predicted molar refractivity (Wildman–Crippen MR) is 112 cm³/mol. The van der Waals surface area contributed by atoms with Gasteiger partial charge in [0.15, 0.2) is 0 Å². The number of anilines is 2. The molecule has 0 radical (unpaired) electrons. The monoisotopic (exact) mass is 452 g/mol. The third-order valence-corrected chi connectivity index (χ3v) is 6.69. The number of piperazine rings is 1. The summed E-state index contributed by atoms with van der Waals surface area (Å²) >= 11 is 0. The number of urea groups is 1. The molecular weight excluding hydrogens is 425 g/mol. The van der Waals surface area contributed by atoms with Crippen LogP contribution in [0.5, 0.6) is 0 Å². The Kier molecular flexibility index (Phi) is 6.05. The van der Waals surface area contributed by atoms with Gasteiger partial charge in [0.25, 0.3) is 0 Å². The number of fused-ring (bicyclic) bond motifs is 1. The molecule has 2 heterocycles. The summed E-state index contributed by atoms with van der Waals surface area (Å²) in [6.07, 6.45) is 0.224. The summed E-state index contributed by atoms with van der Waals surface area (Å²) in [5.41, 5.74) is 1.25. The van der Waals surface area contributed by atoms with Crippen LogP contribution in [0.4, 0.5) is 29.3 Å². The highest BCUT2D eigenvalue weighted by molar-refractivity contribution is 5.94. The van der Waals surface area contributed by atoms with Gasteiger partial charge in [0.1, 0.15) is 0 Å². The van der Waals surface area contributed by atoms with Gasteiger partial charge < -0.3 is 20.4 Å². The normalized spacial score (nSPS) is 20.9. The number of carbonyl (C=O) groups excluding carboxylic acids is 3. The van der Waals surface area contributed by atoms with Gasteiger partial charge in [-0.3, -0.25) is 9.59 Å². The molecule has 1 saturated carbocycles. The van der Waals surface area contributed by atoms with Crippen LogP contribution in [0.2, 0.25) is 0 Å². The van der Waals surface area contributed by atoms with Crippen LogP contribution in [-0.2, 0) is 16.0 Å². The SMILES string of the molecule is O=C1CCCc2cc(NC(=O)N3CCN(C(=O)C(F)(F)F)C4(CCCCC4)C3)ccc2N1. The van der Waals surface area contributed by atoms with E-state index in [0.717, 1.165) is 35.4 Å². The molecule has 1 aromatic carbocycles. The number of carbonyl (C=O) groups is 3. The zero-order valence-corrected chi connectivity index (χ0v) is 17.8. The van der Waals surface area contributed by atoms with Crippen molar-refractivity contribution in [3.8, 4) is 0 Å². The first-order chi connectivity index (χ1) is 15.2. The molecule has 1 aliphatic carbocycles. The lowest BCUT2D eigenvalue weighted by atomic mass is 9.78. The highest BCUT2D eigenvalue weighted by atomic mass is 19.4. The first-order valence-corrected chi connectivity index (χ1v) is 11.1. The molecule has 4 rings (SSSR count). The summed E-state index contributed by atoms with van der Waals surface area (Å²) in [5, 5.41) is 5.68. The number of amides is 4. The second-order valence-corrected chi connectivity index (χ2v) is 8.86. The summed E-state index contributed by atoms with van der Waals surface area (Å²) in [4.78, 5) is 39.3. The third-order valence-electron chi connectivity index (χ3n) is 6.69. The van der Waals surface area contributed by atoms with E-state index in [4.69, 9.17) is 0 Å². The Hall–Kier alpha value is -2.78. The smallest absolute Gasteiger partial charge is 0.326 e. The lowest BCUT2D eigenvalue weighted by molar-refractivity contribution is -0.196. The Morgan fingerprint density at radius 1 is 1.03 bits per heavy atom. The summed E-state index contributed by atoms with van der Waals surface area (Å²) in [6, 6.07) is 4.86. The molecule has 1 aromatic rings. The van der Waals surface area contributed by atoms with Gasteiger partial charge in [-0.2, -0.15) is 13.2 Å². The molecule has 0 bridgehead atoms. The zero-order chi connectivity index (χ0) is 22.9. The van der Waals surface area contributed by atoms with E-state index in [1.54, 1.807) is 12.1 Å². The van der Waals surface area contributed by atoms with Crippen molar-refractivity contribution in [3.05, 3.63) is 23.8 Å². The quantitative estimate of drug-likeness (QED) is 0.678. The second-order valence-electron chi connectivity index (χ2n) is 8.86. The molecule has 2 N–H and O–H groups in total. The topological polar surface area (TPSA) is 81.8 Å².